The summed E-state index contributed by atoms with van der Waals surface area (Å²) in [7, 11) is 0. The third-order valence-corrected chi connectivity index (χ3v) is 2.28. The van der Waals surface area contributed by atoms with E-state index in [1.807, 2.05) is 0 Å². The lowest BCUT2D eigenvalue weighted by Gasteiger charge is -2.10. The quantitative estimate of drug-likeness (QED) is 0.566. The summed E-state index contributed by atoms with van der Waals surface area (Å²) in [5, 5.41) is 0. The summed E-state index contributed by atoms with van der Waals surface area (Å²) in [6, 6.07) is 6.68. The first kappa shape index (κ1) is 15.5. The number of rotatable bonds is 7. The number of carbonyl (C=O) groups excluding carboxylic acids is 1. The predicted molar refractivity (Wildman–Crippen MR) is 63.4 cm³/mol. The average molecular weight is 276 g/mol. The molecule has 0 amide bonds. The molecule has 0 unspecified atom stereocenters. The van der Waals surface area contributed by atoms with E-state index in [2.05, 4.69) is 0 Å². The Morgan fingerprint density at radius 3 is 2.47 bits per heavy atom. The molecule has 0 fully saturated rings. The van der Waals surface area contributed by atoms with E-state index >= 15 is 0 Å². The summed E-state index contributed by atoms with van der Waals surface area (Å²) in [6.07, 6.45) is -5.18. The van der Waals surface area contributed by atoms with Gasteiger partial charge in [0.2, 0.25) is 0 Å². The fourth-order valence-electron chi connectivity index (χ4n) is 1.38. The summed E-state index contributed by atoms with van der Waals surface area (Å²) < 4.78 is 45.6. The molecule has 0 aliphatic heterocycles. The molecule has 1 aromatic rings. The first-order chi connectivity index (χ1) is 8.90. The molecule has 1 rings (SSSR count). The van der Waals surface area contributed by atoms with Crippen molar-refractivity contribution in [2.24, 2.45) is 0 Å². The summed E-state index contributed by atoms with van der Waals surface area (Å²) >= 11 is 0. The fourth-order valence-corrected chi connectivity index (χ4v) is 1.38. The fraction of sp³-hybridized carbons (Fsp3) is 0.462. The zero-order chi connectivity index (χ0) is 14.3. The third-order valence-electron chi connectivity index (χ3n) is 2.28. The van der Waals surface area contributed by atoms with Crippen LogP contribution in [-0.2, 0) is 4.74 Å². The normalized spacial score (nSPS) is 11.4. The van der Waals surface area contributed by atoms with Crippen LogP contribution in [0, 0.1) is 0 Å². The van der Waals surface area contributed by atoms with Crippen molar-refractivity contribution in [3.8, 4) is 5.75 Å². The molecule has 0 bridgehead atoms. The molecule has 0 radical (unpaired) electrons. The topological polar surface area (TPSA) is 35.5 Å². The number of benzene rings is 1. The molecular formula is C13H15F3O3. The van der Waals surface area contributed by atoms with Crippen molar-refractivity contribution in [3.63, 3.8) is 0 Å². The minimum Gasteiger partial charge on any atom is -0.490 e. The number of hydrogen-bond acceptors (Lipinski definition) is 3. The number of hydrogen-bond donors (Lipinski definition) is 0. The maximum Gasteiger partial charge on any atom is 0.391 e. The standard InChI is InChI=1S/C13H15F3O3/c1-10(17)11-4-2-3-5-12(11)19-9-8-18-7-6-13(14,15)16/h2-5H,6-9H2,1H3. The van der Waals surface area contributed by atoms with Gasteiger partial charge in [-0.3, -0.25) is 4.79 Å². The molecule has 106 valence electrons. The molecule has 0 aromatic heterocycles. The first-order valence-corrected chi connectivity index (χ1v) is 5.77. The molecule has 19 heavy (non-hydrogen) atoms. The highest BCUT2D eigenvalue weighted by Crippen LogP contribution is 2.19. The molecule has 0 atom stereocenters. The van der Waals surface area contributed by atoms with Gasteiger partial charge in [-0.1, -0.05) is 12.1 Å². The molecular weight excluding hydrogens is 261 g/mol. The van der Waals surface area contributed by atoms with Gasteiger partial charge in [-0.05, 0) is 19.1 Å². The molecule has 0 heterocycles. The van der Waals surface area contributed by atoms with Crippen LogP contribution >= 0.6 is 0 Å². The van der Waals surface area contributed by atoms with Gasteiger partial charge in [0, 0.05) is 0 Å². The lowest BCUT2D eigenvalue weighted by molar-refractivity contribution is -0.145. The van der Waals surface area contributed by atoms with E-state index in [-0.39, 0.29) is 25.6 Å². The Kier molecular flexibility index (Phi) is 5.82. The largest absolute Gasteiger partial charge is 0.490 e. The van der Waals surface area contributed by atoms with Crippen LogP contribution < -0.4 is 4.74 Å². The van der Waals surface area contributed by atoms with Crippen molar-refractivity contribution in [1.82, 2.24) is 0 Å². The van der Waals surface area contributed by atoms with Crippen LogP contribution in [-0.4, -0.2) is 31.8 Å². The maximum atomic E-state index is 11.8. The monoisotopic (exact) mass is 276 g/mol. The van der Waals surface area contributed by atoms with Gasteiger partial charge in [0.15, 0.2) is 5.78 Å². The molecule has 1 aromatic carbocycles. The zero-order valence-corrected chi connectivity index (χ0v) is 10.5. The first-order valence-electron chi connectivity index (χ1n) is 5.77. The number of Topliss-reactive ketones (excluding diaryl/α,β-unsaturated/α-hetero) is 1. The second kappa shape index (κ2) is 7.13. The highest BCUT2D eigenvalue weighted by molar-refractivity contribution is 5.96. The Bertz CT molecular complexity index is 416. The summed E-state index contributed by atoms with van der Waals surface area (Å²) in [5.41, 5.74) is 0.442. The molecule has 3 nitrogen and oxygen atoms in total. The van der Waals surface area contributed by atoms with Crippen molar-refractivity contribution in [2.45, 2.75) is 19.5 Å². The van der Waals surface area contributed by atoms with Crippen molar-refractivity contribution >= 4 is 5.78 Å². The van der Waals surface area contributed by atoms with E-state index in [1.165, 1.54) is 6.92 Å². The van der Waals surface area contributed by atoms with E-state index in [9.17, 15) is 18.0 Å². The Balaban J connectivity index is 2.28. The molecule has 0 saturated carbocycles. The number of alkyl halides is 3. The Morgan fingerprint density at radius 1 is 1.16 bits per heavy atom. The van der Waals surface area contributed by atoms with Gasteiger partial charge in [-0.15, -0.1) is 0 Å². The second-order valence-electron chi connectivity index (χ2n) is 3.88. The van der Waals surface area contributed by atoms with E-state index in [4.69, 9.17) is 9.47 Å². The highest BCUT2D eigenvalue weighted by Gasteiger charge is 2.26. The highest BCUT2D eigenvalue weighted by atomic mass is 19.4. The Labute approximate surface area is 109 Å². The van der Waals surface area contributed by atoms with Crippen LogP contribution in [0.25, 0.3) is 0 Å². The van der Waals surface area contributed by atoms with Gasteiger partial charge < -0.3 is 9.47 Å². The van der Waals surface area contributed by atoms with E-state index in [0.29, 0.717) is 11.3 Å². The zero-order valence-electron chi connectivity index (χ0n) is 10.5. The van der Waals surface area contributed by atoms with Crippen LogP contribution in [0.5, 0.6) is 5.75 Å². The second-order valence-corrected chi connectivity index (χ2v) is 3.88. The minimum atomic E-state index is -4.21. The van der Waals surface area contributed by atoms with Crippen molar-refractivity contribution in [2.75, 3.05) is 19.8 Å². The number of halogens is 3. The van der Waals surface area contributed by atoms with Gasteiger partial charge in [0.05, 0.1) is 25.2 Å². The maximum absolute atomic E-state index is 11.8. The molecule has 0 N–H and O–H groups in total. The van der Waals surface area contributed by atoms with Crippen LogP contribution in [0.15, 0.2) is 24.3 Å². The van der Waals surface area contributed by atoms with Crippen molar-refractivity contribution < 1.29 is 27.4 Å². The molecule has 0 spiro atoms. The summed E-state index contributed by atoms with van der Waals surface area (Å²) in [6.45, 7) is 1.17. The molecule has 0 saturated heterocycles. The molecule has 0 aliphatic carbocycles. The predicted octanol–water partition coefficient (Wildman–Crippen LogP) is 3.24. The number of para-hydroxylation sites is 1. The van der Waals surface area contributed by atoms with Crippen molar-refractivity contribution in [3.05, 3.63) is 29.8 Å². The smallest absolute Gasteiger partial charge is 0.391 e. The van der Waals surface area contributed by atoms with Crippen LogP contribution in [0.2, 0.25) is 0 Å². The minimum absolute atomic E-state index is 0.0440. The van der Waals surface area contributed by atoms with Crippen LogP contribution in [0.1, 0.15) is 23.7 Å². The lowest BCUT2D eigenvalue weighted by Crippen LogP contribution is -2.14. The van der Waals surface area contributed by atoms with E-state index < -0.39 is 12.6 Å². The molecule has 0 aliphatic rings. The lowest BCUT2D eigenvalue weighted by atomic mass is 10.1. The van der Waals surface area contributed by atoms with E-state index in [1.54, 1.807) is 24.3 Å². The number of carbonyl (C=O) groups is 1. The number of ether oxygens (including phenoxy) is 2. The van der Waals surface area contributed by atoms with Crippen LogP contribution in [0.3, 0.4) is 0 Å². The third kappa shape index (κ3) is 6.24. The van der Waals surface area contributed by atoms with E-state index in [0.717, 1.165) is 0 Å². The molecule has 6 heteroatoms. The SMILES string of the molecule is CC(=O)c1ccccc1OCCOCCC(F)(F)F. The summed E-state index contributed by atoms with van der Waals surface area (Å²) in [4.78, 5) is 11.3. The Morgan fingerprint density at radius 2 is 1.84 bits per heavy atom. The van der Waals surface area contributed by atoms with Crippen molar-refractivity contribution in [1.29, 1.82) is 0 Å². The van der Waals surface area contributed by atoms with Gasteiger partial charge in [0.25, 0.3) is 0 Å². The Hall–Kier alpha value is -1.56. The van der Waals surface area contributed by atoms with Gasteiger partial charge in [-0.25, -0.2) is 0 Å². The van der Waals surface area contributed by atoms with Gasteiger partial charge >= 0.3 is 6.18 Å². The van der Waals surface area contributed by atoms with Crippen LogP contribution in [0.4, 0.5) is 13.2 Å². The summed E-state index contributed by atoms with van der Waals surface area (Å²) in [5.74, 6) is 0.281. The van der Waals surface area contributed by atoms with Gasteiger partial charge in [-0.2, -0.15) is 13.2 Å². The average Bonchev–Trinajstić information content (AvgIpc) is 2.32. The number of ketones is 1. The van der Waals surface area contributed by atoms with Gasteiger partial charge in [0.1, 0.15) is 12.4 Å².